The van der Waals surface area contributed by atoms with E-state index in [1.54, 1.807) is 0 Å². The summed E-state index contributed by atoms with van der Waals surface area (Å²) in [6.45, 7) is 7.37. The fourth-order valence-corrected chi connectivity index (χ4v) is 1.69. The minimum Gasteiger partial charge on any atom is -0.460 e. The Morgan fingerprint density at radius 1 is 1.41 bits per heavy atom. The van der Waals surface area contributed by atoms with Crippen LogP contribution in [0.5, 0.6) is 0 Å². The first kappa shape index (κ1) is 16.1. The Hall–Kier alpha value is -0.870. The lowest BCUT2D eigenvalue weighted by atomic mass is 9.89. The zero-order valence-corrected chi connectivity index (χ0v) is 10.8. The molecule has 0 aliphatic heterocycles. The van der Waals surface area contributed by atoms with Crippen molar-refractivity contribution in [2.24, 2.45) is 5.92 Å². The van der Waals surface area contributed by atoms with Crippen LogP contribution in [0.3, 0.4) is 0 Å². The van der Waals surface area contributed by atoms with Gasteiger partial charge >= 0.3 is 5.97 Å². The van der Waals surface area contributed by atoms with Gasteiger partial charge in [0.15, 0.2) is 0 Å². The van der Waals surface area contributed by atoms with Crippen LogP contribution in [-0.2, 0) is 9.53 Å². The van der Waals surface area contributed by atoms with E-state index >= 15 is 0 Å². The molecule has 0 heterocycles. The first-order valence-corrected chi connectivity index (χ1v) is 6.23. The molecular weight excluding hydrogens is 220 g/mol. The lowest BCUT2D eigenvalue weighted by Gasteiger charge is -2.22. The molecule has 0 aliphatic rings. The highest BCUT2D eigenvalue weighted by molar-refractivity contribution is 5.88. The zero-order chi connectivity index (χ0) is 13.3. The molecular formula is C13H24O4. The molecule has 2 N–H and O–H groups in total. The number of carbonyl (C=O) groups excluding carboxylic acids is 1. The second-order valence-electron chi connectivity index (χ2n) is 4.14. The first-order valence-electron chi connectivity index (χ1n) is 6.23. The molecule has 0 fully saturated rings. The SMILES string of the molecule is C=C(C(=O)OCCO)C(O)C(CC)CCCC. The molecule has 0 aliphatic carbocycles. The van der Waals surface area contributed by atoms with E-state index in [1.807, 2.05) is 6.92 Å². The van der Waals surface area contributed by atoms with Crippen molar-refractivity contribution >= 4 is 5.97 Å². The Morgan fingerprint density at radius 2 is 2.06 bits per heavy atom. The fraction of sp³-hybridized carbons (Fsp3) is 0.769. The summed E-state index contributed by atoms with van der Waals surface area (Å²) < 4.78 is 4.72. The Morgan fingerprint density at radius 3 is 2.53 bits per heavy atom. The largest absolute Gasteiger partial charge is 0.460 e. The van der Waals surface area contributed by atoms with Crippen LogP contribution in [0.25, 0.3) is 0 Å². The van der Waals surface area contributed by atoms with Crippen LogP contribution in [0.4, 0.5) is 0 Å². The number of aliphatic hydroxyl groups is 2. The smallest absolute Gasteiger partial charge is 0.336 e. The molecule has 0 saturated heterocycles. The van der Waals surface area contributed by atoms with Gasteiger partial charge in [0.25, 0.3) is 0 Å². The average molecular weight is 244 g/mol. The van der Waals surface area contributed by atoms with Crippen LogP contribution in [0.2, 0.25) is 0 Å². The first-order chi connectivity index (χ1) is 8.08. The summed E-state index contributed by atoms with van der Waals surface area (Å²) in [7, 11) is 0. The van der Waals surface area contributed by atoms with E-state index in [1.165, 1.54) is 0 Å². The molecule has 100 valence electrons. The molecule has 0 rings (SSSR count). The average Bonchev–Trinajstić information content (AvgIpc) is 2.35. The van der Waals surface area contributed by atoms with E-state index in [-0.39, 0.29) is 24.7 Å². The van der Waals surface area contributed by atoms with Crippen LogP contribution < -0.4 is 0 Å². The van der Waals surface area contributed by atoms with Gasteiger partial charge in [-0.25, -0.2) is 4.79 Å². The predicted octanol–water partition coefficient (Wildman–Crippen LogP) is 1.66. The van der Waals surface area contributed by atoms with Crippen LogP contribution in [-0.4, -0.2) is 35.5 Å². The lowest BCUT2D eigenvalue weighted by molar-refractivity contribution is -0.141. The molecule has 0 aromatic heterocycles. The van der Waals surface area contributed by atoms with E-state index in [2.05, 4.69) is 13.5 Å². The summed E-state index contributed by atoms with van der Waals surface area (Å²) in [5.74, 6) is -0.578. The number of hydrogen-bond donors (Lipinski definition) is 2. The molecule has 0 spiro atoms. The molecule has 0 saturated carbocycles. The van der Waals surface area contributed by atoms with Gasteiger partial charge in [-0.05, 0) is 12.3 Å². The summed E-state index contributed by atoms with van der Waals surface area (Å²) in [6, 6.07) is 0. The fourth-order valence-electron chi connectivity index (χ4n) is 1.69. The molecule has 4 heteroatoms. The number of aliphatic hydroxyl groups excluding tert-OH is 2. The number of ether oxygens (including phenoxy) is 1. The van der Waals surface area contributed by atoms with Gasteiger partial charge in [-0.2, -0.15) is 0 Å². The van der Waals surface area contributed by atoms with Gasteiger partial charge in [0.2, 0.25) is 0 Å². The third-order valence-corrected chi connectivity index (χ3v) is 2.84. The maximum Gasteiger partial charge on any atom is 0.336 e. The molecule has 0 radical (unpaired) electrons. The van der Waals surface area contributed by atoms with Crippen molar-refractivity contribution in [3.63, 3.8) is 0 Å². The topological polar surface area (TPSA) is 66.8 Å². The molecule has 0 aromatic rings. The molecule has 0 aromatic carbocycles. The summed E-state index contributed by atoms with van der Waals surface area (Å²) >= 11 is 0. The van der Waals surface area contributed by atoms with Crippen molar-refractivity contribution in [3.8, 4) is 0 Å². The number of unbranched alkanes of at least 4 members (excludes halogenated alkanes) is 1. The standard InChI is InChI=1S/C13H24O4/c1-4-6-7-11(5-2)12(15)10(3)13(16)17-9-8-14/h11-12,14-15H,3-9H2,1-2H3. The van der Waals surface area contributed by atoms with Crippen LogP contribution in [0.1, 0.15) is 39.5 Å². The van der Waals surface area contributed by atoms with Crippen LogP contribution in [0, 0.1) is 5.92 Å². The summed E-state index contributed by atoms with van der Waals surface area (Å²) in [5.41, 5.74) is 0.0846. The Labute approximate surface area is 103 Å². The number of hydrogen-bond acceptors (Lipinski definition) is 4. The Balaban J connectivity index is 4.28. The van der Waals surface area contributed by atoms with Crippen LogP contribution >= 0.6 is 0 Å². The zero-order valence-electron chi connectivity index (χ0n) is 10.8. The van der Waals surface area contributed by atoms with Gasteiger partial charge in [0.1, 0.15) is 6.61 Å². The van der Waals surface area contributed by atoms with E-state index in [0.29, 0.717) is 0 Å². The third kappa shape index (κ3) is 5.84. The highest BCUT2D eigenvalue weighted by atomic mass is 16.5. The van der Waals surface area contributed by atoms with Crippen molar-refractivity contribution in [1.29, 1.82) is 0 Å². The van der Waals surface area contributed by atoms with Crippen molar-refractivity contribution in [2.45, 2.75) is 45.6 Å². The highest BCUT2D eigenvalue weighted by Crippen LogP contribution is 2.21. The minimum absolute atomic E-state index is 0.0455. The predicted molar refractivity (Wildman–Crippen MR) is 66.5 cm³/mol. The Kier molecular flexibility index (Phi) is 8.72. The van der Waals surface area contributed by atoms with Gasteiger partial charge in [0, 0.05) is 0 Å². The highest BCUT2D eigenvalue weighted by Gasteiger charge is 2.24. The monoisotopic (exact) mass is 244 g/mol. The van der Waals surface area contributed by atoms with E-state index in [4.69, 9.17) is 9.84 Å². The quantitative estimate of drug-likeness (QED) is 0.478. The van der Waals surface area contributed by atoms with Gasteiger partial charge in [0.05, 0.1) is 18.3 Å². The maximum absolute atomic E-state index is 11.4. The minimum atomic E-state index is -0.849. The van der Waals surface area contributed by atoms with Gasteiger partial charge in [-0.15, -0.1) is 0 Å². The van der Waals surface area contributed by atoms with E-state index in [0.717, 1.165) is 25.7 Å². The summed E-state index contributed by atoms with van der Waals surface area (Å²) in [5, 5.41) is 18.5. The number of carbonyl (C=O) groups is 1. The number of rotatable bonds is 9. The van der Waals surface area contributed by atoms with Gasteiger partial charge in [-0.3, -0.25) is 0 Å². The van der Waals surface area contributed by atoms with Gasteiger partial charge < -0.3 is 14.9 Å². The molecule has 2 atom stereocenters. The molecule has 4 nitrogen and oxygen atoms in total. The second-order valence-corrected chi connectivity index (χ2v) is 4.14. The second kappa shape index (κ2) is 9.19. The summed E-state index contributed by atoms with van der Waals surface area (Å²) in [6.07, 6.45) is 2.91. The molecule has 2 unspecified atom stereocenters. The summed E-state index contributed by atoms with van der Waals surface area (Å²) in [4.78, 5) is 11.4. The molecule has 0 bridgehead atoms. The van der Waals surface area contributed by atoms with Crippen molar-refractivity contribution in [1.82, 2.24) is 0 Å². The van der Waals surface area contributed by atoms with Gasteiger partial charge in [-0.1, -0.05) is 39.7 Å². The maximum atomic E-state index is 11.4. The van der Waals surface area contributed by atoms with Crippen molar-refractivity contribution in [2.75, 3.05) is 13.2 Å². The van der Waals surface area contributed by atoms with E-state index < -0.39 is 12.1 Å². The van der Waals surface area contributed by atoms with Crippen molar-refractivity contribution in [3.05, 3.63) is 12.2 Å². The third-order valence-electron chi connectivity index (χ3n) is 2.84. The lowest BCUT2D eigenvalue weighted by Crippen LogP contribution is -2.27. The van der Waals surface area contributed by atoms with Crippen LogP contribution in [0.15, 0.2) is 12.2 Å². The number of esters is 1. The molecule has 17 heavy (non-hydrogen) atoms. The van der Waals surface area contributed by atoms with Crippen molar-refractivity contribution < 1.29 is 19.7 Å². The molecule has 0 amide bonds. The van der Waals surface area contributed by atoms with E-state index in [9.17, 15) is 9.90 Å². The Bertz CT molecular complexity index is 238. The normalized spacial score (nSPS) is 14.1.